The molecule has 1 aliphatic heterocycles. The van der Waals surface area contributed by atoms with Crippen LogP contribution in [0.2, 0.25) is 0 Å². The van der Waals surface area contributed by atoms with Gasteiger partial charge in [-0.15, -0.1) is 0 Å². The second kappa shape index (κ2) is 7.84. The summed E-state index contributed by atoms with van der Waals surface area (Å²) in [6.45, 7) is 2.50. The molecule has 1 N–H and O–H groups in total. The van der Waals surface area contributed by atoms with Gasteiger partial charge in [0.15, 0.2) is 0 Å². The van der Waals surface area contributed by atoms with Gasteiger partial charge in [0.2, 0.25) is 5.91 Å². The van der Waals surface area contributed by atoms with Gasteiger partial charge >= 0.3 is 0 Å². The van der Waals surface area contributed by atoms with Crippen LogP contribution in [0.5, 0.6) is 0 Å². The summed E-state index contributed by atoms with van der Waals surface area (Å²) >= 11 is 3.43. The van der Waals surface area contributed by atoms with E-state index in [4.69, 9.17) is 5.10 Å². The van der Waals surface area contributed by atoms with E-state index < -0.39 is 12.1 Å². The number of aromatic nitrogens is 2. The number of hydrogen-bond acceptors (Lipinski definition) is 4. The minimum absolute atomic E-state index is 0.0163. The van der Waals surface area contributed by atoms with Gasteiger partial charge in [-0.05, 0) is 35.4 Å². The number of aliphatic hydroxyl groups excluding tert-OH is 1. The second-order valence-electron chi connectivity index (χ2n) is 8.27. The van der Waals surface area contributed by atoms with Gasteiger partial charge in [0.1, 0.15) is 11.9 Å². The van der Waals surface area contributed by atoms with E-state index in [1.54, 1.807) is 30.0 Å². The molecule has 0 unspecified atom stereocenters. The number of hydrogen-bond donors (Lipinski definition) is 1. The number of carbonyl (C=O) groups excluding carboxylic acids is 1. The number of halogens is 2. The molecule has 3 aromatic rings. The van der Waals surface area contributed by atoms with Crippen molar-refractivity contribution in [2.45, 2.75) is 38.5 Å². The van der Waals surface area contributed by atoms with Crippen LogP contribution in [0, 0.1) is 17.1 Å². The highest BCUT2D eigenvalue weighted by atomic mass is 79.9. The molecule has 0 fully saturated rings. The predicted molar refractivity (Wildman–Crippen MR) is 119 cm³/mol. The fourth-order valence-electron chi connectivity index (χ4n) is 4.84. The first kappa shape index (κ1) is 20.9. The number of fused-ring (bicyclic) bond motifs is 2. The molecular weight excluding hydrogens is 475 g/mol. The molecule has 2 aromatic carbocycles. The van der Waals surface area contributed by atoms with Crippen molar-refractivity contribution < 1.29 is 14.3 Å². The standard InChI is InChI=1S/C24H20BrFN4O2/c1-13(31)29-6-5-21-19(12-29)23(15-4-2-3-14(7-15)11-27)28-30(21)24-18-8-16(26)9-20(25)17(18)10-22(24)32/h2-4,7-9,22,24,32H,5-6,10,12H2,1H3/t22-,24-/m1/s1. The number of carbonyl (C=O) groups is 1. The minimum Gasteiger partial charge on any atom is -0.390 e. The molecule has 0 saturated carbocycles. The molecule has 6 nitrogen and oxygen atoms in total. The number of benzene rings is 2. The van der Waals surface area contributed by atoms with E-state index in [2.05, 4.69) is 22.0 Å². The molecule has 2 heterocycles. The lowest BCUT2D eigenvalue weighted by Crippen LogP contribution is -2.35. The second-order valence-corrected chi connectivity index (χ2v) is 9.13. The average molecular weight is 495 g/mol. The summed E-state index contributed by atoms with van der Waals surface area (Å²) in [5, 5.41) is 25.2. The Morgan fingerprint density at radius 2 is 2.12 bits per heavy atom. The summed E-state index contributed by atoms with van der Waals surface area (Å²) in [4.78, 5) is 13.8. The van der Waals surface area contributed by atoms with Crippen LogP contribution in [0.4, 0.5) is 4.39 Å². The third kappa shape index (κ3) is 3.33. The van der Waals surface area contributed by atoms with Crippen molar-refractivity contribution >= 4 is 21.8 Å². The van der Waals surface area contributed by atoms with E-state index in [1.807, 2.05) is 10.7 Å². The average Bonchev–Trinajstić information content (AvgIpc) is 3.30. The molecule has 5 rings (SSSR count). The van der Waals surface area contributed by atoms with Crippen molar-refractivity contribution in [1.82, 2.24) is 14.7 Å². The first-order valence-corrected chi connectivity index (χ1v) is 11.2. The van der Waals surface area contributed by atoms with Crippen LogP contribution in [0.3, 0.4) is 0 Å². The molecule has 0 radical (unpaired) electrons. The van der Waals surface area contributed by atoms with Crippen molar-refractivity contribution in [1.29, 1.82) is 5.26 Å². The van der Waals surface area contributed by atoms with Crippen molar-refractivity contribution in [3.8, 4) is 17.3 Å². The molecule has 2 aliphatic rings. The molecule has 1 aliphatic carbocycles. The molecule has 162 valence electrons. The van der Waals surface area contributed by atoms with Crippen LogP contribution in [0.15, 0.2) is 40.9 Å². The van der Waals surface area contributed by atoms with Crippen molar-refractivity contribution in [2.75, 3.05) is 6.54 Å². The largest absolute Gasteiger partial charge is 0.390 e. The zero-order valence-corrected chi connectivity index (χ0v) is 18.9. The highest BCUT2D eigenvalue weighted by Crippen LogP contribution is 2.42. The first-order valence-electron chi connectivity index (χ1n) is 10.4. The summed E-state index contributed by atoms with van der Waals surface area (Å²) in [6.07, 6.45) is 0.222. The monoisotopic (exact) mass is 494 g/mol. The maximum absolute atomic E-state index is 14.3. The normalized spacial score (nSPS) is 19.4. The molecule has 0 spiro atoms. The van der Waals surface area contributed by atoms with Crippen LogP contribution >= 0.6 is 15.9 Å². The lowest BCUT2D eigenvalue weighted by atomic mass is 9.99. The highest BCUT2D eigenvalue weighted by Gasteiger charge is 2.38. The van der Waals surface area contributed by atoms with Crippen LogP contribution in [-0.2, 0) is 24.2 Å². The van der Waals surface area contributed by atoms with Gasteiger partial charge in [-0.25, -0.2) is 4.39 Å². The predicted octanol–water partition coefficient (Wildman–Crippen LogP) is 3.73. The van der Waals surface area contributed by atoms with E-state index in [1.165, 1.54) is 12.1 Å². The summed E-state index contributed by atoms with van der Waals surface area (Å²) < 4.78 is 16.7. The zero-order chi connectivity index (χ0) is 22.6. The lowest BCUT2D eigenvalue weighted by Gasteiger charge is -2.28. The number of rotatable bonds is 2. The third-order valence-corrected chi connectivity index (χ3v) is 7.06. The van der Waals surface area contributed by atoms with Crippen LogP contribution in [-0.4, -0.2) is 38.3 Å². The third-order valence-electron chi connectivity index (χ3n) is 6.35. The van der Waals surface area contributed by atoms with Crippen LogP contribution in [0.1, 0.15) is 40.9 Å². The highest BCUT2D eigenvalue weighted by molar-refractivity contribution is 9.10. The maximum Gasteiger partial charge on any atom is 0.219 e. The van der Waals surface area contributed by atoms with E-state index in [0.717, 1.165) is 22.4 Å². The fraction of sp³-hybridized carbons (Fsp3) is 0.292. The van der Waals surface area contributed by atoms with Gasteiger partial charge in [-0.2, -0.15) is 10.4 Å². The topological polar surface area (TPSA) is 82.2 Å². The molecule has 8 heteroatoms. The Morgan fingerprint density at radius 3 is 2.88 bits per heavy atom. The molecular formula is C24H20BrFN4O2. The Bertz CT molecular complexity index is 1300. The Labute approximate surface area is 193 Å². The molecule has 32 heavy (non-hydrogen) atoms. The minimum atomic E-state index is -0.753. The molecule has 1 aromatic heterocycles. The SMILES string of the molecule is CC(=O)N1CCc2c(c(-c3cccc(C#N)c3)nn2[C@@H]2c3cc(F)cc(Br)c3C[C@H]2O)C1. The van der Waals surface area contributed by atoms with E-state index >= 15 is 0 Å². The Hall–Kier alpha value is -3.02. The molecule has 0 saturated heterocycles. The molecule has 1 amide bonds. The molecule has 0 bridgehead atoms. The smallest absolute Gasteiger partial charge is 0.219 e. The summed E-state index contributed by atoms with van der Waals surface area (Å²) in [7, 11) is 0. The van der Waals surface area contributed by atoms with Crippen LogP contribution < -0.4 is 0 Å². The van der Waals surface area contributed by atoms with Gasteiger partial charge in [-0.1, -0.05) is 28.1 Å². The lowest BCUT2D eigenvalue weighted by molar-refractivity contribution is -0.129. The quantitative estimate of drug-likeness (QED) is 0.588. The first-order chi connectivity index (χ1) is 15.4. The van der Waals surface area contributed by atoms with Gasteiger partial charge in [0.05, 0.1) is 23.4 Å². The number of nitriles is 1. The van der Waals surface area contributed by atoms with Gasteiger partial charge in [0, 0.05) is 54.1 Å². The van der Waals surface area contributed by atoms with Crippen LogP contribution in [0.25, 0.3) is 11.3 Å². The van der Waals surface area contributed by atoms with Gasteiger partial charge in [0.25, 0.3) is 0 Å². The maximum atomic E-state index is 14.3. The molecule has 2 atom stereocenters. The van der Waals surface area contributed by atoms with Gasteiger partial charge < -0.3 is 10.0 Å². The Morgan fingerprint density at radius 1 is 1.31 bits per heavy atom. The summed E-state index contributed by atoms with van der Waals surface area (Å²) in [5.74, 6) is -0.391. The van der Waals surface area contributed by atoms with Gasteiger partial charge in [-0.3, -0.25) is 9.48 Å². The van der Waals surface area contributed by atoms with E-state index in [-0.39, 0.29) is 11.7 Å². The van der Waals surface area contributed by atoms with Crippen molar-refractivity contribution in [2.24, 2.45) is 0 Å². The summed E-state index contributed by atoms with van der Waals surface area (Å²) in [6, 6.07) is 11.7. The van der Waals surface area contributed by atoms with E-state index in [0.29, 0.717) is 47.2 Å². The number of amides is 1. The zero-order valence-electron chi connectivity index (χ0n) is 17.3. The van der Waals surface area contributed by atoms with E-state index in [9.17, 15) is 19.6 Å². The number of aliphatic hydroxyl groups is 1. The Balaban J connectivity index is 1.70. The van der Waals surface area contributed by atoms with Crippen molar-refractivity contribution in [3.63, 3.8) is 0 Å². The summed E-state index contributed by atoms with van der Waals surface area (Å²) in [5.41, 5.74) is 5.39. The number of nitrogens with zero attached hydrogens (tertiary/aromatic N) is 4. The van der Waals surface area contributed by atoms with Crippen molar-refractivity contribution in [3.05, 3.63) is 74.6 Å². The fourth-order valence-corrected chi connectivity index (χ4v) is 5.45. The Kier molecular flexibility index (Phi) is 5.11.